The quantitative estimate of drug-likeness (QED) is 0.834. The Morgan fingerprint density at radius 1 is 1.48 bits per heavy atom. The van der Waals surface area contributed by atoms with Gasteiger partial charge in [0, 0.05) is 30.0 Å². The van der Waals surface area contributed by atoms with Crippen LogP contribution in [0.2, 0.25) is 0 Å². The molecular weight excluding hydrogens is 308 g/mol. The Balaban J connectivity index is 2.23. The van der Waals surface area contributed by atoms with Gasteiger partial charge in [-0.05, 0) is 31.3 Å². The summed E-state index contributed by atoms with van der Waals surface area (Å²) in [5, 5.41) is 4.92. The molecule has 0 bridgehead atoms. The standard InChI is InChI=1S/C14H24N2O3S2/c1-9-8-20-10(7-15-4)13(9)21(17,18)16-11-6-12(19-5)14(11,2)3/h8,11-12,15-16H,6-7H2,1-5H3. The third kappa shape index (κ3) is 3.03. The molecule has 0 spiro atoms. The van der Waals surface area contributed by atoms with Crippen molar-refractivity contribution < 1.29 is 13.2 Å². The van der Waals surface area contributed by atoms with Gasteiger partial charge in [0.25, 0.3) is 0 Å². The average molecular weight is 332 g/mol. The normalized spacial score (nSPS) is 24.8. The Bertz CT molecular complexity index is 608. The van der Waals surface area contributed by atoms with Crippen LogP contribution in [0.4, 0.5) is 0 Å². The molecule has 2 unspecified atom stereocenters. The second-order valence-electron chi connectivity index (χ2n) is 6.16. The molecule has 7 heteroatoms. The summed E-state index contributed by atoms with van der Waals surface area (Å²) in [4.78, 5) is 1.28. The molecule has 21 heavy (non-hydrogen) atoms. The van der Waals surface area contributed by atoms with E-state index in [0.29, 0.717) is 17.9 Å². The lowest BCUT2D eigenvalue weighted by molar-refractivity contribution is -0.0908. The average Bonchev–Trinajstić information content (AvgIpc) is 2.76. The number of hydrogen-bond acceptors (Lipinski definition) is 5. The minimum atomic E-state index is -3.50. The van der Waals surface area contributed by atoms with Crippen LogP contribution in [0.1, 0.15) is 30.7 Å². The van der Waals surface area contributed by atoms with E-state index in [9.17, 15) is 8.42 Å². The molecule has 1 fully saturated rings. The van der Waals surface area contributed by atoms with Crippen LogP contribution in [0.25, 0.3) is 0 Å². The second-order valence-corrected chi connectivity index (χ2v) is 8.77. The van der Waals surface area contributed by atoms with Crippen molar-refractivity contribution in [2.24, 2.45) is 5.41 Å². The lowest BCUT2D eigenvalue weighted by Crippen LogP contribution is -2.61. The maximum atomic E-state index is 12.7. The van der Waals surface area contributed by atoms with Crippen LogP contribution in [-0.4, -0.2) is 34.7 Å². The highest BCUT2D eigenvalue weighted by Gasteiger charge is 2.50. The summed E-state index contributed by atoms with van der Waals surface area (Å²) in [5.74, 6) is 0. The molecule has 1 heterocycles. The molecule has 0 aromatic carbocycles. The molecule has 0 amide bonds. The smallest absolute Gasteiger partial charge is 0.242 e. The van der Waals surface area contributed by atoms with Crippen molar-refractivity contribution >= 4 is 21.4 Å². The van der Waals surface area contributed by atoms with E-state index in [2.05, 4.69) is 10.0 Å². The first-order valence-corrected chi connectivity index (χ1v) is 9.37. The number of aryl methyl sites for hydroxylation is 1. The first-order valence-electron chi connectivity index (χ1n) is 7.00. The molecule has 120 valence electrons. The van der Waals surface area contributed by atoms with Crippen molar-refractivity contribution in [3.63, 3.8) is 0 Å². The van der Waals surface area contributed by atoms with Gasteiger partial charge in [0.05, 0.1) is 6.10 Å². The van der Waals surface area contributed by atoms with E-state index in [-0.39, 0.29) is 17.6 Å². The molecule has 1 aromatic rings. The van der Waals surface area contributed by atoms with Crippen molar-refractivity contribution in [3.05, 3.63) is 15.8 Å². The molecular formula is C14H24N2O3S2. The van der Waals surface area contributed by atoms with Crippen molar-refractivity contribution in [2.45, 2.75) is 50.8 Å². The predicted octanol–water partition coefficient (Wildman–Crippen LogP) is 1.87. The van der Waals surface area contributed by atoms with Crippen LogP contribution in [0, 0.1) is 12.3 Å². The van der Waals surface area contributed by atoms with E-state index in [4.69, 9.17) is 4.74 Å². The summed E-state index contributed by atoms with van der Waals surface area (Å²) in [5.41, 5.74) is 0.618. The lowest BCUT2D eigenvalue weighted by Gasteiger charge is -2.50. The maximum absolute atomic E-state index is 12.7. The number of thiophene rings is 1. The number of ether oxygens (including phenoxy) is 1. The molecule has 1 aliphatic rings. The van der Waals surface area contributed by atoms with E-state index in [0.717, 1.165) is 10.4 Å². The summed E-state index contributed by atoms with van der Waals surface area (Å²) in [6.07, 6.45) is 0.818. The van der Waals surface area contributed by atoms with Gasteiger partial charge < -0.3 is 10.1 Å². The van der Waals surface area contributed by atoms with E-state index in [1.807, 2.05) is 33.2 Å². The fourth-order valence-electron chi connectivity index (χ4n) is 2.86. The van der Waals surface area contributed by atoms with Crippen LogP contribution in [0.5, 0.6) is 0 Å². The van der Waals surface area contributed by atoms with E-state index in [1.165, 1.54) is 11.3 Å². The van der Waals surface area contributed by atoms with Crippen molar-refractivity contribution in [3.8, 4) is 0 Å². The van der Waals surface area contributed by atoms with Gasteiger partial charge >= 0.3 is 0 Å². The molecule has 5 nitrogen and oxygen atoms in total. The van der Waals surface area contributed by atoms with Gasteiger partial charge in [-0.3, -0.25) is 0 Å². The molecule has 2 atom stereocenters. The van der Waals surface area contributed by atoms with Gasteiger partial charge in [-0.15, -0.1) is 11.3 Å². The monoisotopic (exact) mass is 332 g/mol. The van der Waals surface area contributed by atoms with E-state index < -0.39 is 10.0 Å². The Kier molecular flexibility index (Phi) is 4.80. The molecule has 1 aliphatic carbocycles. The predicted molar refractivity (Wildman–Crippen MR) is 85.1 cm³/mol. The largest absolute Gasteiger partial charge is 0.381 e. The Hall–Kier alpha value is -0.470. The highest BCUT2D eigenvalue weighted by atomic mass is 32.2. The summed E-state index contributed by atoms with van der Waals surface area (Å²) in [7, 11) is -0.01000. The Labute approximate surface area is 131 Å². The molecule has 1 saturated carbocycles. The molecule has 0 saturated heterocycles. The van der Waals surface area contributed by atoms with E-state index >= 15 is 0 Å². The molecule has 2 rings (SSSR count). The number of rotatable bonds is 6. The van der Waals surface area contributed by atoms with Crippen LogP contribution < -0.4 is 10.0 Å². The number of methoxy groups -OCH3 is 1. The summed E-state index contributed by atoms with van der Waals surface area (Å²) < 4.78 is 33.7. The fourth-order valence-corrected chi connectivity index (χ4v) is 6.09. The van der Waals surface area contributed by atoms with Crippen LogP contribution >= 0.6 is 11.3 Å². The topological polar surface area (TPSA) is 67.4 Å². The van der Waals surface area contributed by atoms with Gasteiger partial charge in [-0.2, -0.15) is 0 Å². The number of hydrogen-bond donors (Lipinski definition) is 2. The lowest BCUT2D eigenvalue weighted by atomic mass is 9.65. The molecule has 2 N–H and O–H groups in total. The third-order valence-corrected chi connectivity index (χ3v) is 7.29. The highest BCUT2D eigenvalue weighted by molar-refractivity contribution is 7.89. The first kappa shape index (κ1) is 16.9. The third-order valence-electron chi connectivity index (χ3n) is 4.36. The zero-order valence-corrected chi connectivity index (χ0v) is 14.8. The Morgan fingerprint density at radius 3 is 2.67 bits per heavy atom. The Morgan fingerprint density at radius 2 is 2.14 bits per heavy atom. The highest BCUT2D eigenvalue weighted by Crippen LogP contribution is 2.43. The summed E-state index contributed by atoms with van der Waals surface area (Å²) >= 11 is 1.48. The van der Waals surface area contributed by atoms with Crippen LogP contribution in [0.3, 0.4) is 0 Å². The summed E-state index contributed by atoms with van der Waals surface area (Å²) in [6, 6.07) is -0.0887. The van der Waals surface area contributed by atoms with Gasteiger partial charge in [0.15, 0.2) is 0 Å². The minimum Gasteiger partial charge on any atom is -0.381 e. The first-order chi connectivity index (χ1) is 9.74. The van der Waals surface area contributed by atoms with Crippen molar-refractivity contribution in [1.29, 1.82) is 0 Å². The molecule has 1 aromatic heterocycles. The SMILES string of the molecule is CNCc1scc(C)c1S(=O)(=O)NC1CC(OC)C1(C)C. The van der Waals surface area contributed by atoms with Crippen LogP contribution in [0.15, 0.2) is 10.3 Å². The maximum Gasteiger partial charge on any atom is 0.242 e. The number of nitrogens with one attached hydrogen (secondary N) is 2. The zero-order valence-electron chi connectivity index (χ0n) is 13.2. The molecule has 0 radical (unpaired) electrons. The second kappa shape index (κ2) is 5.96. The van der Waals surface area contributed by atoms with Gasteiger partial charge in [-0.1, -0.05) is 13.8 Å². The van der Waals surface area contributed by atoms with Crippen LogP contribution in [-0.2, 0) is 21.3 Å². The fraction of sp³-hybridized carbons (Fsp3) is 0.714. The van der Waals surface area contributed by atoms with Crippen molar-refractivity contribution in [2.75, 3.05) is 14.2 Å². The minimum absolute atomic E-state index is 0.0887. The van der Waals surface area contributed by atoms with Gasteiger partial charge in [0.2, 0.25) is 10.0 Å². The molecule has 0 aliphatic heterocycles. The number of sulfonamides is 1. The zero-order chi connectivity index (χ0) is 15.8. The van der Waals surface area contributed by atoms with Gasteiger partial charge in [-0.25, -0.2) is 13.1 Å². The van der Waals surface area contributed by atoms with Gasteiger partial charge in [0.1, 0.15) is 4.90 Å². The van der Waals surface area contributed by atoms with Crippen molar-refractivity contribution in [1.82, 2.24) is 10.0 Å². The van der Waals surface area contributed by atoms with E-state index in [1.54, 1.807) is 7.11 Å². The summed E-state index contributed by atoms with van der Waals surface area (Å²) in [6.45, 7) is 6.47.